The van der Waals surface area contributed by atoms with Crippen molar-refractivity contribution in [1.82, 2.24) is 0 Å². The van der Waals surface area contributed by atoms with Crippen molar-refractivity contribution in [2.45, 2.75) is 414 Å². The summed E-state index contributed by atoms with van der Waals surface area (Å²) in [6.07, 6.45) is 52.6. The van der Waals surface area contributed by atoms with Gasteiger partial charge in [-0.05, 0) is 49.4 Å². The maximum absolute atomic E-state index is 13.1. The molecule has 576 valence electrons. The standard InChI is InChI=1S/C78H152O17P2/c1-9-70(7)56-48-40-32-26-22-23-29-35-45-53-61-78(83)94-73(64-88-75(80)58-50-42-33-27-20-17-16-19-25-31-39-47-55-69(5)6)66-92-96(84,85)90-62-72(79)63-91-97(86,87)93-67-74(65-89-76(81)59-51-43-37-36-41-49-57-71(8)10-2)95-77(82)60-52-44-34-28-21-15-13-11-12-14-18-24-30-38-46-54-68(3)4/h68-74,79H,9-67H2,1-8H3,(H,84,85)(H,86,87)/t70?,71?,72-,73-,74-/m1/s1. The van der Waals surface area contributed by atoms with Crippen LogP contribution in [-0.2, 0) is 65.4 Å². The average Bonchev–Trinajstić information content (AvgIpc) is 1.39. The molecule has 0 aromatic heterocycles. The van der Waals surface area contributed by atoms with Gasteiger partial charge in [-0.3, -0.25) is 37.3 Å². The van der Waals surface area contributed by atoms with Crippen LogP contribution in [0.15, 0.2) is 0 Å². The number of unbranched alkanes of at least 4 members (excludes halogenated alkanes) is 39. The summed E-state index contributed by atoms with van der Waals surface area (Å²) in [5, 5.41) is 10.6. The van der Waals surface area contributed by atoms with Gasteiger partial charge in [0.15, 0.2) is 12.2 Å². The average molecular weight is 1420 g/mol. The van der Waals surface area contributed by atoms with Crippen LogP contribution in [0.5, 0.6) is 0 Å². The van der Waals surface area contributed by atoms with E-state index in [2.05, 4.69) is 55.4 Å². The molecule has 0 saturated heterocycles. The number of aliphatic hydroxyl groups excluding tert-OH is 1. The van der Waals surface area contributed by atoms with Gasteiger partial charge in [0.1, 0.15) is 19.3 Å². The van der Waals surface area contributed by atoms with Crippen LogP contribution in [0, 0.1) is 23.7 Å². The van der Waals surface area contributed by atoms with Gasteiger partial charge in [-0.25, -0.2) is 9.13 Å². The fraction of sp³-hybridized carbons (Fsp3) is 0.949. The van der Waals surface area contributed by atoms with Crippen LogP contribution in [0.1, 0.15) is 396 Å². The Balaban J connectivity index is 5.25. The first-order valence-corrected chi connectivity index (χ1v) is 43.3. The number of esters is 4. The number of phosphoric acid groups is 2. The highest BCUT2D eigenvalue weighted by molar-refractivity contribution is 7.47. The van der Waals surface area contributed by atoms with Crippen LogP contribution in [0.4, 0.5) is 0 Å². The Morgan fingerprint density at radius 3 is 0.732 bits per heavy atom. The van der Waals surface area contributed by atoms with Crippen molar-refractivity contribution in [3.63, 3.8) is 0 Å². The lowest BCUT2D eigenvalue weighted by atomic mass is 9.99. The Morgan fingerprint density at radius 2 is 0.495 bits per heavy atom. The summed E-state index contributed by atoms with van der Waals surface area (Å²) in [6, 6.07) is 0. The van der Waals surface area contributed by atoms with Gasteiger partial charge in [-0.15, -0.1) is 0 Å². The summed E-state index contributed by atoms with van der Waals surface area (Å²) in [5.41, 5.74) is 0. The second-order valence-electron chi connectivity index (χ2n) is 29.5. The molecule has 4 unspecified atom stereocenters. The number of rotatable bonds is 75. The molecule has 19 heteroatoms. The normalized spacial score (nSPS) is 14.6. The molecule has 0 bridgehead atoms. The highest BCUT2D eigenvalue weighted by atomic mass is 31.2. The molecule has 0 spiro atoms. The number of ether oxygens (including phenoxy) is 4. The maximum Gasteiger partial charge on any atom is 0.472 e. The zero-order valence-corrected chi connectivity index (χ0v) is 65.5. The first-order valence-electron chi connectivity index (χ1n) is 40.3. The topological polar surface area (TPSA) is 237 Å². The van der Waals surface area contributed by atoms with Gasteiger partial charge in [0.2, 0.25) is 0 Å². The predicted octanol–water partition coefficient (Wildman–Crippen LogP) is 22.8. The lowest BCUT2D eigenvalue weighted by Crippen LogP contribution is -2.30. The smallest absolute Gasteiger partial charge is 0.462 e. The zero-order chi connectivity index (χ0) is 71.7. The Labute approximate surface area is 594 Å². The van der Waals surface area contributed by atoms with Crippen LogP contribution >= 0.6 is 15.6 Å². The van der Waals surface area contributed by atoms with Gasteiger partial charge in [0, 0.05) is 25.7 Å². The summed E-state index contributed by atoms with van der Waals surface area (Å²) in [4.78, 5) is 72.9. The third kappa shape index (κ3) is 69.5. The van der Waals surface area contributed by atoms with E-state index >= 15 is 0 Å². The molecule has 0 amide bonds. The van der Waals surface area contributed by atoms with Crippen molar-refractivity contribution in [3.05, 3.63) is 0 Å². The van der Waals surface area contributed by atoms with Crippen molar-refractivity contribution in [2.24, 2.45) is 23.7 Å². The number of phosphoric ester groups is 2. The maximum atomic E-state index is 13.1. The minimum atomic E-state index is -4.96. The van der Waals surface area contributed by atoms with Gasteiger partial charge >= 0.3 is 39.5 Å². The van der Waals surface area contributed by atoms with Crippen molar-refractivity contribution in [2.75, 3.05) is 39.6 Å². The van der Waals surface area contributed by atoms with E-state index < -0.39 is 97.5 Å². The molecule has 3 N–H and O–H groups in total. The lowest BCUT2D eigenvalue weighted by Gasteiger charge is -2.21. The fourth-order valence-corrected chi connectivity index (χ4v) is 13.4. The molecule has 17 nitrogen and oxygen atoms in total. The van der Waals surface area contributed by atoms with Crippen molar-refractivity contribution >= 4 is 39.5 Å². The van der Waals surface area contributed by atoms with E-state index in [0.29, 0.717) is 25.7 Å². The van der Waals surface area contributed by atoms with Crippen LogP contribution in [0.2, 0.25) is 0 Å². The molecule has 7 atom stereocenters. The second kappa shape index (κ2) is 67.2. The highest BCUT2D eigenvalue weighted by Gasteiger charge is 2.30. The molecule has 0 aliphatic carbocycles. The zero-order valence-electron chi connectivity index (χ0n) is 63.7. The molecule has 0 heterocycles. The van der Waals surface area contributed by atoms with Crippen molar-refractivity contribution in [1.29, 1.82) is 0 Å². The predicted molar refractivity (Wildman–Crippen MR) is 395 cm³/mol. The number of aliphatic hydroxyl groups is 1. The van der Waals surface area contributed by atoms with Gasteiger partial charge in [-0.1, -0.05) is 344 Å². The van der Waals surface area contributed by atoms with E-state index in [1.54, 1.807) is 0 Å². The molecular weight excluding hydrogens is 1270 g/mol. The van der Waals surface area contributed by atoms with Crippen molar-refractivity contribution in [3.8, 4) is 0 Å². The van der Waals surface area contributed by atoms with Gasteiger partial charge < -0.3 is 33.8 Å². The SMILES string of the molecule is CCC(C)CCCCCCCCCCCCC(=O)O[C@H](COC(=O)CCCCCCCCCCCCCCC(C)C)COP(=O)(O)OC[C@@H](O)COP(=O)(O)OC[C@@H](COC(=O)CCCCCCCCC(C)CC)OC(=O)CCCCCCCCCCCCCCCCCC(C)C. The van der Waals surface area contributed by atoms with E-state index in [1.165, 1.54) is 193 Å². The van der Waals surface area contributed by atoms with E-state index in [9.17, 15) is 43.2 Å². The number of carbonyl (C=O) groups excluding carboxylic acids is 4. The van der Waals surface area contributed by atoms with Gasteiger partial charge in [-0.2, -0.15) is 0 Å². The Bertz CT molecular complexity index is 1910. The van der Waals surface area contributed by atoms with E-state index in [-0.39, 0.29) is 25.7 Å². The number of hydrogen-bond acceptors (Lipinski definition) is 15. The molecule has 97 heavy (non-hydrogen) atoms. The highest BCUT2D eigenvalue weighted by Crippen LogP contribution is 2.45. The van der Waals surface area contributed by atoms with E-state index in [4.69, 9.17) is 37.0 Å². The molecule has 0 aliphatic rings. The first-order chi connectivity index (χ1) is 46.7. The fourth-order valence-electron chi connectivity index (χ4n) is 11.8. The third-order valence-corrected chi connectivity index (χ3v) is 20.7. The Morgan fingerprint density at radius 1 is 0.289 bits per heavy atom. The second-order valence-corrected chi connectivity index (χ2v) is 32.4. The van der Waals surface area contributed by atoms with Crippen molar-refractivity contribution < 1.29 is 80.2 Å². The molecule has 0 saturated carbocycles. The largest absolute Gasteiger partial charge is 0.472 e. The molecule has 0 aromatic carbocycles. The minimum absolute atomic E-state index is 0.106. The molecular formula is C78H152O17P2. The van der Waals surface area contributed by atoms with E-state index in [0.717, 1.165) is 120 Å². The molecule has 0 aliphatic heterocycles. The number of hydrogen-bond donors (Lipinski definition) is 3. The molecule has 0 radical (unpaired) electrons. The van der Waals surface area contributed by atoms with Gasteiger partial charge in [0.05, 0.1) is 26.4 Å². The van der Waals surface area contributed by atoms with Gasteiger partial charge in [0.25, 0.3) is 0 Å². The molecule has 0 rings (SSSR count). The summed E-state index contributed by atoms with van der Waals surface area (Å²) < 4.78 is 68.6. The summed E-state index contributed by atoms with van der Waals surface area (Å²) in [5.74, 6) is 1.000. The quantitative estimate of drug-likeness (QED) is 0.0222. The van der Waals surface area contributed by atoms with Crippen LogP contribution in [0.3, 0.4) is 0 Å². The third-order valence-electron chi connectivity index (χ3n) is 18.8. The number of carbonyl (C=O) groups is 4. The summed E-state index contributed by atoms with van der Waals surface area (Å²) in [6.45, 7) is 14.2. The summed E-state index contributed by atoms with van der Waals surface area (Å²) >= 11 is 0. The minimum Gasteiger partial charge on any atom is -0.462 e. The first kappa shape index (κ1) is 95.1. The van der Waals surface area contributed by atoms with Crippen LogP contribution in [-0.4, -0.2) is 96.7 Å². The van der Waals surface area contributed by atoms with Crippen LogP contribution in [0.25, 0.3) is 0 Å². The Hall–Kier alpha value is -1.94. The Kier molecular flexibility index (Phi) is 65.9. The summed E-state index contributed by atoms with van der Waals surface area (Å²) in [7, 11) is -9.92. The van der Waals surface area contributed by atoms with E-state index in [1.807, 2.05) is 0 Å². The van der Waals surface area contributed by atoms with Crippen LogP contribution < -0.4 is 0 Å². The lowest BCUT2D eigenvalue weighted by molar-refractivity contribution is -0.161. The monoisotopic (exact) mass is 1420 g/mol. The molecule has 0 fully saturated rings. The molecule has 0 aromatic rings.